The molecule has 0 aliphatic carbocycles. The molecule has 1 aliphatic rings. The van der Waals surface area contributed by atoms with Gasteiger partial charge in [0.25, 0.3) is 5.56 Å². The predicted molar refractivity (Wildman–Crippen MR) is 110 cm³/mol. The summed E-state index contributed by atoms with van der Waals surface area (Å²) < 4.78 is 38.6. The molecule has 2 heterocycles. The van der Waals surface area contributed by atoms with Crippen LogP contribution in [0.25, 0.3) is 0 Å². The maximum Gasteiger partial charge on any atom is 0.416 e. The van der Waals surface area contributed by atoms with E-state index in [0.717, 1.165) is 30.9 Å². The van der Waals surface area contributed by atoms with Crippen molar-refractivity contribution in [3.63, 3.8) is 0 Å². The zero-order chi connectivity index (χ0) is 21.1. The number of nitrogens with one attached hydrogen (secondary N) is 1. The number of aromatic amines is 1. The maximum absolute atomic E-state index is 12.9. The lowest BCUT2D eigenvalue weighted by Gasteiger charge is -2.27. The average Bonchev–Trinajstić information content (AvgIpc) is 2.73. The number of rotatable bonds is 5. The summed E-state index contributed by atoms with van der Waals surface area (Å²) in [5.41, 5.74) is 2.31. The van der Waals surface area contributed by atoms with Crippen molar-refractivity contribution in [1.29, 1.82) is 0 Å². The molecule has 8 heteroatoms. The van der Waals surface area contributed by atoms with Crippen LogP contribution in [0, 0.1) is 0 Å². The van der Waals surface area contributed by atoms with Gasteiger partial charge in [-0.05, 0) is 17.2 Å². The maximum atomic E-state index is 12.9. The highest BCUT2D eigenvalue weighted by molar-refractivity contribution is 7.98. The molecule has 1 aliphatic heterocycles. The van der Waals surface area contributed by atoms with Crippen molar-refractivity contribution >= 4 is 11.8 Å². The minimum absolute atomic E-state index is 0.177. The number of aromatic nitrogens is 2. The first kappa shape index (κ1) is 20.7. The van der Waals surface area contributed by atoms with Crippen LogP contribution in [0.1, 0.15) is 27.9 Å². The standard InChI is InChI=1S/C22H20F3N3OS/c23-22(24,25)17-8-4-7-16(11-17)14-30-21-26-19-9-10-28(13-18(19)20(29)27-21)12-15-5-2-1-3-6-15/h1-8,11H,9-10,12-14H2,(H,26,27,29). The van der Waals surface area contributed by atoms with Crippen LogP contribution in [-0.4, -0.2) is 21.4 Å². The number of nitrogens with zero attached hydrogens (tertiary/aromatic N) is 2. The Kier molecular flexibility index (Phi) is 5.97. The quantitative estimate of drug-likeness (QED) is 0.472. The van der Waals surface area contributed by atoms with Crippen molar-refractivity contribution in [1.82, 2.24) is 14.9 Å². The average molecular weight is 431 g/mol. The van der Waals surface area contributed by atoms with Crippen molar-refractivity contribution in [2.24, 2.45) is 0 Å². The molecule has 3 aromatic rings. The Bertz CT molecular complexity index is 1080. The van der Waals surface area contributed by atoms with Gasteiger partial charge in [-0.25, -0.2) is 4.98 Å². The normalized spacial score (nSPS) is 14.5. The highest BCUT2D eigenvalue weighted by Crippen LogP contribution is 2.31. The van der Waals surface area contributed by atoms with Gasteiger partial charge in [0, 0.05) is 31.8 Å². The second-order valence-corrected chi connectivity index (χ2v) is 8.19. The fourth-order valence-corrected chi connectivity index (χ4v) is 4.31. The lowest BCUT2D eigenvalue weighted by molar-refractivity contribution is -0.137. The van der Waals surface area contributed by atoms with Gasteiger partial charge >= 0.3 is 6.18 Å². The summed E-state index contributed by atoms with van der Waals surface area (Å²) in [5, 5.41) is 0.438. The Morgan fingerprint density at radius 1 is 1.07 bits per heavy atom. The molecule has 0 amide bonds. The third-order valence-electron chi connectivity index (χ3n) is 5.00. The second-order valence-electron chi connectivity index (χ2n) is 7.23. The van der Waals surface area contributed by atoms with Crippen LogP contribution >= 0.6 is 11.8 Å². The lowest BCUT2D eigenvalue weighted by Crippen LogP contribution is -2.35. The van der Waals surface area contributed by atoms with E-state index in [0.29, 0.717) is 35.0 Å². The number of halogens is 3. The van der Waals surface area contributed by atoms with E-state index >= 15 is 0 Å². The molecule has 1 N–H and O–H groups in total. The van der Waals surface area contributed by atoms with Crippen LogP contribution in [0.4, 0.5) is 13.2 Å². The molecule has 1 aromatic heterocycles. The van der Waals surface area contributed by atoms with E-state index < -0.39 is 11.7 Å². The number of alkyl halides is 3. The van der Waals surface area contributed by atoms with Gasteiger partial charge < -0.3 is 4.98 Å². The Balaban J connectivity index is 1.44. The molecule has 30 heavy (non-hydrogen) atoms. The fraction of sp³-hybridized carbons (Fsp3) is 0.273. The van der Waals surface area contributed by atoms with E-state index in [1.54, 1.807) is 6.07 Å². The number of H-pyrrole nitrogens is 1. The molecule has 0 saturated carbocycles. The summed E-state index contributed by atoms with van der Waals surface area (Å²) in [4.78, 5) is 22.2. The van der Waals surface area contributed by atoms with Gasteiger partial charge in [-0.3, -0.25) is 9.69 Å². The van der Waals surface area contributed by atoms with Crippen molar-refractivity contribution in [3.05, 3.63) is 92.9 Å². The van der Waals surface area contributed by atoms with Crippen LogP contribution in [0.15, 0.2) is 64.5 Å². The van der Waals surface area contributed by atoms with Gasteiger partial charge in [-0.15, -0.1) is 0 Å². The first-order valence-corrected chi connectivity index (χ1v) is 10.5. The fourth-order valence-electron chi connectivity index (χ4n) is 3.49. The van der Waals surface area contributed by atoms with E-state index in [2.05, 4.69) is 27.0 Å². The minimum Gasteiger partial charge on any atom is -0.301 e. The highest BCUT2D eigenvalue weighted by atomic mass is 32.2. The summed E-state index contributed by atoms with van der Waals surface area (Å²) in [6, 6.07) is 15.3. The van der Waals surface area contributed by atoms with Crippen molar-refractivity contribution in [3.8, 4) is 0 Å². The molecule has 4 nitrogen and oxygen atoms in total. The molecule has 0 fully saturated rings. The first-order valence-electron chi connectivity index (χ1n) is 9.56. The third kappa shape index (κ3) is 4.94. The first-order chi connectivity index (χ1) is 14.4. The summed E-state index contributed by atoms with van der Waals surface area (Å²) in [6.45, 7) is 2.10. The van der Waals surface area contributed by atoms with Gasteiger partial charge in [-0.2, -0.15) is 13.2 Å². The number of fused-ring (bicyclic) bond motifs is 1. The van der Waals surface area contributed by atoms with Gasteiger partial charge in [-0.1, -0.05) is 60.3 Å². The van der Waals surface area contributed by atoms with Gasteiger partial charge in [0.1, 0.15) is 0 Å². The molecular formula is C22H20F3N3OS. The van der Waals surface area contributed by atoms with E-state index in [4.69, 9.17) is 0 Å². The minimum atomic E-state index is -4.37. The topological polar surface area (TPSA) is 49.0 Å². The molecule has 0 bridgehead atoms. The highest BCUT2D eigenvalue weighted by Gasteiger charge is 2.30. The SMILES string of the molecule is O=c1[nH]c(SCc2cccc(C(F)(F)F)c2)nc2c1CN(Cc1ccccc1)CC2. The van der Waals surface area contributed by atoms with Crippen molar-refractivity contribution < 1.29 is 13.2 Å². The summed E-state index contributed by atoms with van der Waals surface area (Å²) in [5.74, 6) is 0.297. The van der Waals surface area contributed by atoms with E-state index in [1.807, 2.05) is 18.2 Å². The zero-order valence-corrected chi connectivity index (χ0v) is 16.9. The number of thioether (sulfide) groups is 1. The van der Waals surface area contributed by atoms with Gasteiger partial charge in [0.05, 0.1) is 16.8 Å². The van der Waals surface area contributed by atoms with Crippen molar-refractivity contribution in [2.45, 2.75) is 36.6 Å². The molecule has 4 rings (SSSR count). The summed E-state index contributed by atoms with van der Waals surface area (Å²) in [7, 11) is 0. The number of hydrogen-bond donors (Lipinski definition) is 1. The van der Waals surface area contributed by atoms with E-state index in [9.17, 15) is 18.0 Å². The van der Waals surface area contributed by atoms with Gasteiger partial charge in [0.2, 0.25) is 0 Å². The summed E-state index contributed by atoms with van der Waals surface area (Å²) in [6.07, 6.45) is -3.70. The predicted octanol–water partition coefficient (Wildman–Crippen LogP) is 4.64. The molecule has 0 saturated heterocycles. The smallest absolute Gasteiger partial charge is 0.301 e. The largest absolute Gasteiger partial charge is 0.416 e. The molecule has 0 unspecified atom stereocenters. The third-order valence-corrected chi connectivity index (χ3v) is 5.95. The molecular weight excluding hydrogens is 411 g/mol. The molecule has 0 atom stereocenters. The Hall–Kier alpha value is -2.58. The monoisotopic (exact) mass is 431 g/mol. The van der Waals surface area contributed by atoms with Gasteiger partial charge in [0.15, 0.2) is 5.16 Å². The van der Waals surface area contributed by atoms with Crippen LogP contribution in [0.3, 0.4) is 0 Å². The Morgan fingerprint density at radius 2 is 1.83 bits per heavy atom. The molecule has 156 valence electrons. The van der Waals surface area contributed by atoms with Crippen LogP contribution in [0.2, 0.25) is 0 Å². The zero-order valence-electron chi connectivity index (χ0n) is 16.1. The lowest BCUT2D eigenvalue weighted by atomic mass is 10.1. The number of benzene rings is 2. The molecule has 0 radical (unpaired) electrons. The van der Waals surface area contributed by atoms with Crippen molar-refractivity contribution in [2.75, 3.05) is 6.54 Å². The van der Waals surface area contributed by atoms with E-state index in [1.165, 1.54) is 23.4 Å². The molecule has 0 spiro atoms. The number of hydrogen-bond acceptors (Lipinski definition) is 4. The van der Waals surface area contributed by atoms with Crippen LogP contribution in [0.5, 0.6) is 0 Å². The summed E-state index contributed by atoms with van der Waals surface area (Å²) >= 11 is 1.24. The Morgan fingerprint density at radius 3 is 2.60 bits per heavy atom. The van der Waals surface area contributed by atoms with Crippen LogP contribution < -0.4 is 5.56 Å². The Labute approximate surface area is 176 Å². The van der Waals surface area contributed by atoms with Crippen LogP contribution in [-0.2, 0) is 31.4 Å². The van der Waals surface area contributed by atoms with E-state index in [-0.39, 0.29) is 5.56 Å². The second kappa shape index (κ2) is 8.65. The molecule has 2 aromatic carbocycles.